The largest absolute Gasteiger partial charge is 0.394 e. The fourth-order valence-electron chi connectivity index (χ4n) is 2.43. The van der Waals surface area contributed by atoms with Crippen LogP contribution in [0.5, 0.6) is 0 Å². The third-order valence-electron chi connectivity index (χ3n) is 3.31. The zero-order valence-electron chi connectivity index (χ0n) is 13.8. The van der Waals surface area contributed by atoms with Crippen LogP contribution in [0.2, 0.25) is 0 Å². The van der Waals surface area contributed by atoms with Gasteiger partial charge in [-0.3, -0.25) is 4.68 Å². The van der Waals surface area contributed by atoms with Gasteiger partial charge in [0.25, 0.3) is 0 Å². The highest BCUT2D eigenvalue weighted by molar-refractivity contribution is 7.89. The molecule has 1 rings (SSSR count). The van der Waals surface area contributed by atoms with Crippen molar-refractivity contribution in [3.05, 3.63) is 11.4 Å². The zero-order chi connectivity index (χ0) is 16.4. The van der Waals surface area contributed by atoms with E-state index in [-0.39, 0.29) is 23.5 Å². The van der Waals surface area contributed by atoms with E-state index in [1.54, 1.807) is 18.5 Å². The van der Waals surface area contributed by atoms with Crippen LogP contribution in [0.1, 0.15) is 39.1 Å². The molecule has 0 amide bonds. The Morgan fingerprint density at radius 2 is 1.81 bits per heavy atom. The predicted molar refractivity (Wildman–Crippen MR) is 82.7 cm³/mol. The Morgan fingerprint density at radius 1 is 1.24 bits per heavy atom. The predicted octanol–water partition coefficient (Wildman–Crippen LogP) is 1.55. The average Bonchev–Trinajstić information content (AvgIpc) is 2.61. The van der Waals surface area contributed by atoms with Gasteiger partial charge in [0.2, 0.25) is 10.0 Å². The lowest BCUT2D eigenvalue weighted by Crippen LogP contribution is -2.39. The van der Waals surface area contributed by atoms with E-state index in [9.17, 15) is 8.42 Å². The minimum atomic E-state index is -3.59. The molecule has 0 saturated heterocycles. The molecule has 7 heteroatoms. The summed E-state index contributed by atoms with van der Waals surface area (Å²) in [5, 5.41) is 13.3. The van der Waals surface area contributed by atoms with Crippen LogP contribution in [-0.4, -0.2) is 46.8 Å². The summed E-state index contributed by atoms with van der Waals surface area (Å²) in [6.07, 6.45) is 0. The SMILES string of the molecule is Cc1nn(CCO)c(C)c1S(=O)(=O)N(CC(C)C)C(C)C. The second-order valence-electron chi connectivity index (χ2n) is 6.01. The van der Waals surface area contributed by atoms with Crippen molar-refractivity contribution < 1.29 is 13.5 Å². The van der Waals surface area contributed by atoms with E-state index in [0.717, 1.165) is 0 Å². The van der Waals surface area contributed by atoms with Crippen molar-refractivity contribution in [2.24, 2.45) is 5.92 Å². The average molecular weight is 317 g/mol. The fraction of sp³-hybridized carbons (Fsp3) is 0.786. The second kappa shape index (κ2) is 6.89. The molecule has 6 nitrogen and oxygen atoms in total. The van der Waals surface area contributed by atoms with E-state index >= 15 is 0 Å². The van der Waals surface area contributed by atoms with Gasteiger partial charge in [-0.25, -0.2) is 8.42 Å². The Balaban J connectivity index is 3.35. The van der Waals surface area contributed by atoms with Crippen LogP contribution >= 0.6 is 0 Å². The number of nitrogens with zero attached hydrogens (tertiary/aromatic N) is 3. The summed E-state index contributed by atoms with van der Waals surface area (Å²) >= 11 is 0. The first kappa shape index (κ1) is 18.1. The monoisotopic (exact) mass is 317 g/mol. The summed E-state index contributed by atoms with van der Waals surface area (Å²) < 4.78 is 29.0. The van der Waals surface area contributed by atoms with E-state index in [1.807, 2.05) is 27.7 Å². The first-order chi connectivity index (χ1) is 9.62. The Bertz CT molecular complexity index is 577. The van der Waals surface area contributed by atoms with Crippen molar-refractivity contribution >= 4 is 10.0 Å². The smallest absolute Gasteiger partial charge is 0.246 e. The maximum Gasteiger partial charge on any atom is 0.246 e. The molecule has 21 heavy (non-hydrogen) atoms. The van der Waals surface area contributed by atoms with Crippen LogP contribution in [-0.2, 0) is 16.6 Å². The highest BCUT2D eigenvalue weighted by Gasteiger charge is 2.32. The maximum atomic E-state index is 13.0. The molecular weight excluding hydrogens is 290 g/mol. The van der Waals surface area contributed by atoms with Gasteiger partial charge in [-0.15, -0.1) is 0 Å². The van der Waals surface area contributed by atoms with Gasteiger partial charge in [-0.1, -0.05) is 13.8 Å². The Hall–Kier alpha value is -0.920. The fourth-order valence-corrected chi connectivity index (χ4v) is 4.61. The number of aliphatic hydroxyl groups is 1. The van der Waals surface area contributed by atoms with E-state index in [1.165, 1.54) is 4.31 Å². The van der Waals surface area contributed by atoms with Crippen molar-refractivity contribution in [1.82, 2.24) is 14.1 Å². The van der Waals surface area contributed by atoms with Gasteiger partial charge in [0, 0.05) is 12.6 Å². The molecule has 0 aliphatic carbocycles. The molecule has 0 fully saturated rings. The highest BCUT2D eigenvalue weighted by Crippen LogP contribution is 2.25. The summed E-state index contributed by atoms with van der Waals surface area (Å²) in [5.41, 5.74) is 1.06. The van der Waals surface area contributed by atoms with Crippen LogP contribution in [0.3, 0.4) is 0 Å². The Kier molecular flexibility index (Phi) is 5.95. The third-order valence-corrected chi connectivity index (χ3v) is 5.61. The summed E-state index contributed by atoms with van der Waals surface area (Å²) in [4.78, 5) is 0.269. The highest BCUT2D eigenvalue weighted by atomic mass is 32.2. The van der Waals surface area contributed by atoms with Crippen LogP contribution in [0, 0.1) is 19.8 Å². The molecule has 1 aromatic heterocycles. The molecule has 1 aromatic rings. The molecule has 0 bridgehead atoms. The summed E-state index contributed by atoms with van der Waals surface area (Å²) in [7, 11) is -3.59. The molecule has 0 saturated carbocycles. The molecule has 0 atom stereocenters. The first-order valence-corrected chi connectivity index (χ1v) is 8.73. The van der Waals surface area contributed by atoms with Crippen LogP contribution < -0.4 is 0 Å². The van der Waals surface area contributed by atoms with Gasteiger partial charge in [0.05, 0.1) is 24.5 Å². The quantitative estimate of drug-likeness (QED) is 0.828. The lowest BCUT2D eigenvalue weighted by atomic mass is 10.2. The number of rotatable bonds is 7. The standard InChI is InChI=1S/C14H27N3O3S/c1-10(2)9-17(11(3)4)21(19,20)14-12(5)15-16(7-8-18)13(14)6/h10-11,18H,7-9H2,1-6H3. The van der Waals surface area contributed by atoms with Gasteiger partial charge in [-0.2, -0.15) is 9.40 Å². The molecule has 0 aromatic carbocycles. The van der Waals surface area contributed by atoms with Crippen LogP contribution in [0.4, 0.5) is 0 Å². The number of hydrogen-bond donors (Lipinski definition) is 1. The zero-order valence-corrected chi connectivity index (χ0v) is 14.6. The van der Waals surface area contributed by atoms with Crippen LogP contribution in [0.25, 0.3) is 0 Å². The Labute approximate surface area is 127 Å². The van der Waals surface area contributed by atoms with Crippen molar-refractivity contribution in [2.45, 2.75) is 59.0 Å². The molecule has 1 N–H and O–H groups in total. The molecule has 0 radical (unpaired) electrons. The number of aryl methyl sites for hydroxylation is 1. The van der Waals surface area contributed by atoms with Gasteiger partial charge < -0.3 is 5.11 Å². The number of hydrogen-bond acceptors (Lipinski definition) is 4. The summed E-state index contributed by atoms with van der Waals surface area (Å²) in [6.45, 7) is 11.9. The molecule has 0 spiro atoms. The minimum absolute atomic E-state index is 0.0681. The van der Waals surface area contributed by atoms with E-state index in [4.69, 9.17) is 5.11 Å². The lowest BCUT2D eigenvalue weighted by molar-refractivity contribution is 0.267. The number of sulfonamides is 1. The Morgan fingerprint density at radius 3 is 2.24 bits per heavy atom. The minimum Gasteiger partial charge on any atom is -0.394 e. The van der Waals surface area contributed by atoms with E-state index < -0.39 is 10.0 Å². The molecule has 0 unspecified atom stereocenters. The molecule has 1 heterocycles. The normalized spacial score (nSPS) is 12.9. The summed E-state index contributed by atoms with van der Waals surface area (Å²) in [5.74, 6) is 0.246. The van der Waals surface area contributed by atoms with E-state index in [0.29, 0.717) is 24.5 Å². The molecular formula is C14H27N3O3S. The summed E-state index contributed by atoms with van der Waals surface area (Å²) in [6, 6.07) is -0.114. The maximum absolute atomic E-state index is 13.0. The molecule has 122 valence electrons. The van der Waals surface area contributed by atoms with Crippen molar-refractivity contribution in [3.8, 4) is 0 Å². The third kappa shape index (κ3) is 3.84. The lowest BCUT2D eigenvalue weighted by Gasteiger charge is -2.27. The van der Waals surface area contributed by atoms with E-state index in [2.05, 4.69) is 5.10 Å². The number of aromatic nitrogens is 2. The molecule has 0 aliphatic rings. The van der Waals surface area contributed by atoms with Gasteiger partial charge >= 0.3 is 0 Å². The second-order valence-corrected chi connectivity index (χ2v) is 7.84. The van der Waals surface area contributed by atoms with Crippen LogP contribution in [0.15, 0.2) is 4.90 Å². The first-order valence-electron chi connectivity index (χ1n) is 7.29. The van der Waals surface area contributed by atoms with Gasteiger partial charge in [-0.05, 0) is 33.6 Å². The van der Waals surface area contributed by atoms with Gasteiger partial charge in [0.1, 0.15) is 4.90 Å². The number of aliphatic hydroxyl groups excluding tert-OH is 1. The van der Waals surface area contributed by atoms with Gasteiger partial charge in [0.15, 0.2) is 0 Å². The van der Waals surface area contributed by atoms with Crippen molar-refractivity contribution in [2.75, 3.05) is 13.2 Å². The topological polar surface area (TPSA) is 75.4 Å². The molecule has 0 aliphatic heterocycles. The van der Waals surface area contributed by atoms with Crippen molar-refractivity contribution in [1.29, 1.82) is 0 Å². The van der Waals surface area contributed by atoms with Crippen molar-refractivity contribution in [3.63, 3.8) is 0 Å².